The maximum absolute atomic E-state index is 8.71. The molecule has 1 fully saturated rings. The first-order chi connectivity index (χ1) is 3.69. The van der Waals surface area contributed by atoms with Crippen LogP contribution in [0.4, 0.5) is 0 Å². The van der Waals surface area contributed by atoms with Crippen molar-refractivity contribution in [2.75, 3.05) is 6.61 Å². The van der Waals surface area contributed by atoms with E-state index in [2.05, 4.69) is 13.8 Å². The van der Waals surface area contributed by atoms with E-state index in [1.807, 2.05) is 0 Å². The van der Waals surface area contributed by atoms with Crippen LogP contribution in [-0.2, 0) is 0 Å². The Morgan fingerprint density at radius 3 is 2.25 bits per heavy atom. The first kappa shape index (κ1) is 6.09. The predicted octanol–water partition coefficient (Wildman–Crippen LogP) is 1.41. The standard InChI is InChI=1S/C7H14O/c1-6(5-8)7(2)3-4-7/h6,8H,3-5H2,1-2H3. The van der Waals surface area contributed by atoms with Crippen LogP contribution < -0.4 is 0 Å². The Morgan fingerprint density at radius 2 is 2.12 bits per heavy atom. The molecule has 0 aliphatic heterocycles. The molecule has 0 aromatic carbocycles. The van der Waals surface area contributed by atoms with Gasteiger partial charge in [-0.05, 0) is 24.2 Å². The van der Waals surface area contributed by atoms with Crippen LogP contribution in [0.25, 0.3) is 0 Å². The first-order valence-corrected chi connectivity index (χ1v) is 3.30. The Balaban J connectivity index is 2.34. The first-order valence-electron chi connectivity index (χ1n) is 3.30. The number of rotatable bonds is 2. The lowest BCUT2D eigenvalue weighted by Crippen LogP contribution is -2.12. The zero-order valence-electron chi connectivity index (χ0n) is 5.65. The molecule has 1 aliphatic carbocycles. The average molecular weight is 114 g/mol. The molecule has 1 N–H and O–H groups in total. The second-order valence-electron chi connectivity index (χ2n) is 3.24. The van der Waals surface area contributed by atoms with Crippen molar-refractivity contribution >= 4 is 0 Å². The van der Waals surface area contributed by atoms with Crippen LogP contribution in [0.2, 0.25) is 0 Å². The Bertz CT molecular complexity index is 84.4. The normalized spacial score (nSPS) is 27.4. The summed E-state index contributed by atoms with van der Waals surface area (Å²) in [6.45, 7) is 4.72. The Kier molecular flexibility index (Phi) is 1.31. The number of hydrogen-bond acceptors (Lipinski definition) is 1. The fourth-order valence-corrected chi connectivity index (χ4v) is 0.910. The SMILES string of the molecule is CC(CO)C1(C)CC1. The summed E-state index contributed by atoms with van der Waals surface area (Å²) in [6.07, 6.45) is 2.63. The lowest BCUT2D eigenvalue weighted by atomic mass is 9.94. The topological polar surface area (TPSA) is 20.2 Å². The summed E-state index contributed by atoms with van der Waals surface area (Å²) in [5.41, 5.74) is 0.509. The van der Waals surface area contributed by atoms with Crippen LogP contribution in [0.1, 0.15) is 26.7 Å². The van der Waals surface area contributed by atoms with E-state index in [4.69, 9.17) is 5.11 Å². The number of aliphatic hydroxyl groups is 1. The summed E-state index contributed by atoms with van der Waals surface area (Å²) in [4.78, 5) is 0. The largest absolute Gasteiger partial charge is 0.396 e. The molecule has 1 unspecified atom stereocenters. The molecule has 1 aliphatic rings. The van der Waals surface area contributed by atoms with Gasteiger partial charge >= 0.3 is 0 Å². The lowest BCUT2D eigenvalue weighted by molar-refractivity contribution is 0.185. The highest BCUT2D eigenvalue weighted by molar-refractivity contribution is 4.92. The molecule has 1 atom stereocenters. The lowest BCUT2D eigenvalue weighted by Gasteiger charge is -2.14. The fourth-order valence-electron chi connectivity index (χ4n) is 0.910. The minimum Gasteiger partial charge on any atom is -0.396 e. The molecule has 0 amide bonds. The molecule has 0 heterocycles. The zero-order chi connectivity index (χ0) is 6.20. The molecule has 0 aromatic rings. The Labute approximate surface area is 50.7 Å². The summed E-state index contributed by atoms with van der Waals surface area (Å²) in [5.74, 6) is 0.516. The smallest absolute Gasteiger partial charge is 0.0461 e. The molecule has 1 nitrogen and oxygen atoms in total. The quantitative estimate of drug-likeness (QED) is 0.575. The van der Waals surface area contributed by atoms with Gasteiger partial charge in [0.2, 0.25) is 0 Å². The van der Waals surface area contributed by atoms with Gasteiger partial charge in [-0.25, -0.2) is 0 Å². The van der Waals surface area contributed by atoms with Crippen molar-refractivity contribution in [1.29, 1.82) is 0 Å². The molecule has 48 valence electrons. The van der Waals surface area contributed by atoms with Crippen molar-refractivity contribution in [1.82, 2.24) is 0 Å². The van der Waals surface area contributed by atoms with E-state index in [1.54, 1.807) is 0 Å². The van der Waals surface area contributed by atoms with Crippen LogP contribution in [0.5, 0.6) is 0 Å². The minimum absolute atomic E-state index is 0.358. The van der Waals surface area contributed by atoms with E-state index in [0.717, 1.165) is 0 Å². The average Bonchev–Trinajstić information content (AvgIpc) is 2.47. The monoisotopic (exact) mass is 114 g/mol. The second kappa shape index (κ2) is 1.73. The molecule has 0 saturated heterocycles. The van der Waals surface area contributed by atoms with Gasteiger partial charge in [0.25, 0.3) is 0 Å². The highest BCUT2D eigenvalue weighted by Gasteiger charge is 2.41. The minimum atomic E-state index is 0.358. The van der Waals surface area contributed by atoms with Gasteiger partial charge in [-0.2, -0.15) is 0 Å². The fraction of sp³-hybridized carbons (Fsp3) is 1.00. The van der Waals surface area contributed by atoms with Gasteiger partial charge in [0.1, 0.15) is 0 Å². The highest BCUT2D eigenvalue weighted by atomic mass is 16.3. The van der Waals surface area contributed by atoms with Crippen LogP contribution in [0.15, 0.2) is 0 Å². The van der Waals surface area contributed by atoms with Gasteiger partial charge in [0.15, 0.2) is 0 Å². The van der Waals surface area contributed by atoms with Gasteiger partial charge in [-0.1, -0.05) is 13.8 Å². The van der Waals surface area contributed by atoms with E-state index in [9.17, 15) is 0 Å². The molecule has 0 spiro atoms. The molecule has 1 saturated carbocycles. The van der Waals surface area contributed by atoms with Gasteiger partial charge in [-0.3, -0.25) is 0 Å². The van der Waals surface area contributed by atoms with Crippen LogP contribution >= 0.6 is 0 Å². The van der Waals surface area contributed by atoms with Crippen LogP contribution in [0.3, 0.4) is 0 Å². The van der Waals surface area contributed by atoms with Crippen molar-refractivity contribution in [2.45, 2.75) is 26.7 Å². The van der Waals surface area contributed by atoms with E-state index < -0.39 is 0 Å². The van der Waals surface area contributed by atoms with Crippen molar-refractivity contribution in [3.05, 3.63) is 0 Å². The second-order valence-corrected chi connectivity index (χ2v) is 3.24. The molecule has 0 radical (unpaired) electrons. The van der Waals surface area contributed by atoms with Crippen LogP contribution in [0, 0.1) is 11.3 Å². The Morgan fingerprint density at radius 1 is 1.62 bits per heavy atom. The van der Waals surface area contributed by atoms with Gasteiger partial charge < -0.3 is 5.11 Å². The van der Waals surface area contributed by atoms with Gasteiger partial charge in [0.05, 0.1) is 0 Å². The molecule has 0 bridgehead atoms. The number of hydrogen-bond donors (Lipinski definition) is 1. The zero-order valence-corrected chi connectivity index (χ0v) is 5.65. The van der Waals surface area contributed by atoms with E-state index >= 15 is 0 Å². The summed E-state index contributed by atoms with van der Waals surface area (Å²) in [7, 11) is 0. The van der Waals surface area contributed by atoms with Gasteiger partial charge in [0, 0.05) is 6.61 Å². The van der Waals surface area contributed by atoms with E-state index in [1.165, 1.54) is 12.8 Å². The molecule has 8 heavy (non-hydrogen) atoms. The molecule has 1 heteroatoms. The molecule has 0 aromatic heterocycles. The maximum atomic E-state index is 8.71. The highest BCUT2D eigenvalue weighted by Crippen LogP contribution is 2.50. The molecular weight excluding hydrogens is 100 g/mol. The molecule has 1 rings (SSSR count). The maximum Gasteiger partial charge on any atom is 0.0461 e. The van der Waals surface area contributed by atoms with Gasteiger partial charge in [-0.15, -0.1) is 0 Å². The summed E-state index contributed by atoms with van der Waals surface area (Å²) >= 11 is 0. The third kappa shape index (κ3) is 0.873. The molecular formula is C7H14O. The van der Waals surface area contributed by atoms with Crippen molar-refractivity contribution in [2.24, 2.45) is 11.3 Å². The Hall–Kier alpha value is -0.0400. The third-order valence-corrected chi connectivity index (χ3v) is 2.50. The predicted molar refractivity (Wildman–Crippen MR) is 33.6 cm³/mol. The number of aliphatic hydroxyl groups excluding tert-OH is 1. The van der Waals surface area contributed by atoms with Crippen molar-refractivity contribution < 1.29 is 5.11 Å². The van der Waals surface area contributed by atoms with Crippen molar-refractivity contribution in [3.63, 3.8) is 0 Å². The summed E-state index contributed by atoms with van der Waals surface area (Å²) < 4.78 is 0. The third-order valence-electron chi connectivity index (χ3n) is 2.50. The van der Waals surface area contributed by atoms with Crippen LogP contribution in [-0.4, -0.2) is 11.7 Å². The van der Waals surface area contributed by atoms with E-state index in [0.29, 0.717) is 17.9 Å². The summed E-state index contributed by atoms with van der Waals surface area (Å²) in [6, 6.07) is 0. The van der Waals surface area contributed by atoms with Crippen molar-refractivity contribution in [3.8, 4) is 0 Å². The summed E-state index contributed by atoms with van der Waals surface area (Å²) in [5, 5.41) is 8.71. The van der Waals surface area contributed by atoms with E-state index in [-0.39, 0.29) is 0 Å².